The molecule has 9 heteroatoms. The van der Waals surface area contributed by atoms with E-state index in [4.69, 9.17) is 14.8 Å². The monoisotopic (exact) mass is 434 g/mol. The molecule has 150 valence electrons. The third-order valence-corrected chi connectivity index (χ3v) is 7.07. The van der Waals surface area contributed by atoms with Gasteiger partial charge in [-0.25, -0.2) is 4.98 Å². The van der Waals surface area contributed by atoms with Crippen molar-refractivity contribution in [3.8, 4) is 21.1 Å². The molecule has 0 spiro atoms. The number of hydrogen-bond acceptors (Lipinski definition) is 8. The van der Waals surface area contributed by atoms with Crippen LogP contribution in [0.5, 0.6) is 0 Å². The number of thiophene rings is 1. The van der Waals surface area contributed by atoms with Crippen molar-refractivity contribution in [3.05, 3.63) is 53.7 Å². The lowest BCUT2D eigenvalue weighted by Crippen LogP contribution is -2.36. The molecule has 0 N–H and O–H groups in total. The Kier molecular flexibility index (Phi) is 4.53. The van der Waals surface area contributed by atoms with Crippen LogP contribution in [0.25, 0.3) is 37.0 Å². The van der Waals surface area contributed by atoms with Crippen molar-refractivity contribution < 1.29 is 4.74 Å². The highest BCUT2D eigenvalue weighted by Gasteiger charge is 2.19. The Hall–Kier alpha value is -2.72. The molecule has 6 rings (SSSR count). The minimum atomic E-state index is 0.727. The average molecular weight is 435 g/mol. The highest BCUT2D eigenvalue weighted by atomic mass is 32.1. The number of morpholine rings is 1. The molecule has 30 heavy (non-hydrogen) atoms. The van der Waals surface area contributed by atoms with Gasteiger partial charge in [0.2, 0.25) is 4.96 Å². The Bertz CT molecular complexity index is 1320. The van der Waals surface area contributed by atoms with Gasteiger partial charge in [0.1, 0.15) is 5.01 Å². The van der Waals surface area contributed by atoms with Gasteiger partial charge in [-0.05, 0) is 23.6 Å². The smallest absolute Gasteiger partial charge is 0.235 e. The van der Waals surface area contributed by atoms with Crippen LogP contribution in [0.3, 0.4) is 0 Å². The first kappa shape index (κ1) is 18.1. The first-order valence-corrected chi connectivity index (χ1v) is 11.5. The third-order valence-electron chi connectivity index (χ3n) is 5.24. The Morgan fingerprint density at radius 3 is 2.80 bits per heavy atom. The van der Waals surface area contributed by atoms with Crippen LogP contribution in [0.15, 0.2) is 47.8 Å². The molecule has 1 aromatic carbocycles. The summed E-state index contributed by atoms with van der Waals surface area (Å²) in [5.41, 5.74) is 3.02. The zero-order valence-corrected chi connectivity index (χ0v) is 17.7. The van der Waals surface area contributed by atoms with Crippen molar-refractivity contribution >= 4 is 38.5 Å². The zero-order chi connectivity index (χ0) is 19.9. The average Bonchev–Trinajstić information content (AvgIpc) is 3.53. The number of fused-ring (bicyclic) bond motifs is 2. The second-order valence-electron chi connectivity index (χ2n) is 7.16. The van der Waals surface area contributed by atoms with E-state index >= 15 is 0 Å². The molecule has 0 saturated carbocycles. The van der Waals surface area contributed by atoms with Crippen molar-refractivity contribution in [2.24, 2.45) is 0 Å². The molecular formula is C21H18N6OS2. The van der Waals surface area contributed by atoms with Crippen molar-refractivity contribution in [2.75, 3.05) is 26.3 Å². The predicted octanol–water partition coefficient (Wildman–Crippen LogP) is 3.96. The van der Waals surface area contributed by atoms with E-state index in [2.05, 4.69) is 50.8 Å². The summed E-state index contributed by atoms with van der Waals surface area (Å²) < 4.78 is 7.33. The molecule has 0 atom stereocenters. The molecule has 0 bridgehead atoms. The van der Waals surface area contributed by atoms with Gasteiger partial charge in [0, 0.05) is 24.0 Å². The fourth-order valence-electron chi connectivity index (χ4n) is 3.73. The summed E-state index contributed by atoms with van der Waals surface area (Å²) in [6, 6.07) is 14.5. The first-order chi connectivity index (χ1) is 14.8. The van der Waals surface area contributed by atoms with E-state index in [0.717, 1.165) is 75.7 Å². The summed E-state index contributed by atoms with van der Waals surface area (Å²) in [6.07, 6.45) is 0. The second kappa shape index (κ2) is 7.51. The van der Waals surface area contributed by atoms with Crippen LogP contribution in [0.4, 0.5) is 0 Å². The van der Waals surface area contributed by atoms with Crippen LogP contribution >= 0.6 is 22.7 Å². The second-order valence-corrected chi connectivity index (χ2v) is 9.06. The SMILES string of the molecule is c1csc(-c2cc(-c3nn4c(CN5CCOCC5)nnc4s3)c3ccccc3n2)c1. The molecule has 1 fully saturated rings. The summed E-state index contributed by atoms with van der Waals surface area (Å²) in [4.78, 5) is 9.17. The molecule has 0 aliphatic carbocycles. The minimum Gasteiger partial charge on any atom is -0.379 e. The number of ether oxygens (including phenoxy) is 1. The highest BCUT2D eigenvalue weighted by molar-refractivity contribution is 7.20. The van der Waals surface area contributed by atoms with E-state index in [0.29, 0.717) is 0 Å². The molecule has 5 aromatic rings. The van der Waals surface area contributed by atoms with Gasteiger partial charge in [0.15, 0.2) is 5.82 Å². The molecule has 1 aliphatic heterocycles. The summed E-state index contributed by atoms with van der Waals surface area (Å²) in [6.45, 7) is 4.07. The Balaban J connectivity index is 1.45. The summed E-state index contributed by atoms with van der Waals surface area (Å²) in [7, 11) is 0. The van der Waals surface area contributed by atoms with Crippen LogP contribution in [0.2, 0.25) is 0 Å². The van der Waals surface area contributed by atoms with Crippen molar-refractivity contribution in [1.29, 1.82) is 0 Å². The number of hydrogen-bond donors (Lipinski definition) is 0. The van der Waals surface area contributed by atoms with Gasteiger partial charge in [0.05, 0.1) is 35.8 Å². The molecule has 5 heterocycles. The van der Waals surface area contributed by atoms with Crippen LogP contribution in [-0.2, 0) is 11.3 Å². The van der Waals surface area contributed by atoms with Crippen LogP contribution in [0, 0.1) is 0 Å². The lowest BCUT2D eigenvalue weighted by molar-refractivity contribution is 0.0328. The fraction of sp³-hybridized carbons (Fsp3) is 0.238. The fourth-order valence-corrected chi connectivity index (χ4v) is 5.30. The van der Waals surface area contributed by atoms with E-state index in [1.807, 2.05) is 16.6 Å². The van der Waals surface area contributed by atoms with Crippen molar-refractivity contribution in [2.45, 2.75) is 6.54 Å². The van der Waals surface area contributed by atoms with Gasteiger partial charge in [-0.2, -0.15) is 9.61 Å². The van der Waals surface area contributed by atoms with Gasteiger partial charge >= 0.3 is 0 Å². The summed E-state index contributed by atoms with van der Waals surface area (Å²) >= 11 is 3.26. The van der Waals surface area contributed by atoms with E-state index in [1.165, 1.54) is 0 Å². The van der Waals surface area contributed by atoms with Gasteiger partial charge in [-0.1, -0.05) is 35.6 Å². The molecule has 1 aliphatic rings. The Morgan fingerprint density at radius 1 is 1.03 bits per heavy atom. The van der Waals surface area contributed by atoms with Crippen molar-refractivity contribution in [3.63, 3.8) is 0 Å². The zero-order valence-electron chi connectivity index (χ0n) is 16.1. The maximum absolute atomic E-state index is 5.45. The molecular weight excluding hydrogens is 416 g/mol. The maximum atomic E-state index is 5.45. The largest absolute Gasteiger partial charge is 0.379 e. The van der Waals surface area contributed by atoms with E-state index < -0.39 is 0 Å². The molecule has 0 amide bonds. The highest BCUT2D eigenvalue weighted by Crippen LogP contribution is 2.35. The minimum absolute atomic E-state index is 0.727. The van der Waals surface area contributed by atoms with Gasteiger partial charge in [0.25, 0.3) is 0 Å². The summed E-state index contributed by atoms with van der Waals surface area (Å²) in [5.74, 6) is 0.867. The number of rotatable bonds is 4. The van der Waals surface area contributed by atoms with E-state index in [-0.39, 0.29) is 0 Å². The van der Waals surface area contributed by atoms with Crippen molar-refractivity contribution in [1.82, 2.24) is 29.7 Å². The Labute approximate surface area is 180 Å². The lowest BCUT2D eigenvalue weighted by Gasteiger charge is -2.25. The standard InChI is InChI=1S/C21H18N6OS2/c1-2-5-16-14(4-1)15(12-17(22-16)18-6-3-11-29-18)20-25-27-19(23-24-21(27)30-20)13-26-7-9-28-10-8-26/h1-6,11-12H,7-10,13H2. The normalized spacial score (nSPS) is 15.3. The number of para-hydroxylation sites is 1. The lowest BCUT2D eigenvalue weighted by atomic mass is 10.1. The molecule has 7 nitrogen and oxygen atoms in total. The molecule has 0 unspecified atom stereocenters. The molecule has 4 aromatic heterocycles. The van der Waals surface area contributed by atoms with Crippen LogP contribution in [0.1, 0.15) is 5.82 Å². The van der Waals surface area contributed by atoms with Gasteiger partial charge < -0.3 is 4.74 Å². The predicted molar refractivity (Wildman–Crippen MR) is 119 cm³/mol. The Morgan fingerprint density at radius 2 is 1.93 bits per heavy atom. The van der Waals surface area contributed by atoms with Crippen LogP contribution in [-0.4, -0.2) is 56.0 Å². The number of benzene rings is 1. The maximum Gasteiger partial charge on any atom is 0.235 e. The van der Waals surface area contributed by atoms with E-state index in [9.17, 15) is 0 Å². The molecule has 1 saturated heterocycles. The quantitative estimate of drug-likeness (QED) is 0.426. The number of aromatic nitrogens is 5. The van der Waals surface area contributed by atoms with E-state index in [1.54, 1.807) is 22.7 Å². The first-order valence-electron chi connectivity index (χ1n) is 9.80. The molecule has 0 radical (unpaired) electrons. The summed E-state index contributed by atoms with van der Waals surface area (Å²) in [5, 5.41) is 17.8. The van der Waals surface area contributed by atoms with Crippen LogP contribution < -0.4 is 0 Å². The van der Waals surface area contributed by atoms with Gasteiger partial charge in [-0.3, -0.25) is 4.90 Å². The topological polar surface area (TPSA) is 68.4 Å². The van der Waals surface area contributed by atoms with Gasteiger partial charge in [-0.15, -0.1) is 21.5 Å². The number of pyridine rings is 1. The number of nitrogens with zero attached hydrogens (tertiary/aromatic N) is 6. The third kappa shape index (κ3) is 3.20.